The van der Waals surface area contributed by atoms with Crippen molar-refractivity contribution < 1.29 is 18.4 Å². The molecule has 2 saturated heterocycles. The van der Waals surface area contributed by atoms with Crippen molar-refractivity contribution in [2.75, 3.05) is 7.11 Å². The molecule has 2 aromatic carbocycles. The molecule has 2 heterocycles. The Bertz CT molecular complexity index is 840. The maximum atomic E-state index is 13.6. The van der Waals surface area contributed by atoms with Gasteiger partial charge in [0.1, 0.15) is 17.7 Å². The minimum absolute atomic E-state index is 0.0820. The van der Waals surface area contributed by atoms with E-state index in [2.05, 4.69) is 12.4 Å². The van der Waals surface area contributed by atoms with Crippen LogP contribution >= 0.6 is 11.8 Å². The van der Waals surface area contributed by atoms with E-state index in [4.69, 9.17) is 9.57 Å². The average Bonchev–Trinajstić information content (AvgIpc) is 3.14. The van der Waals surface area contributed by atoms with E-state index >= 15 is 0 Å². The van der Waals surface area contributed by atoms with E-state index < -0.39 is 6.10 Å². The molecule has 3 nitrogen and oxygen atoms in total. The molecule has 30 heavy (non-hydrogen) atoms. The molecule has 2 fully saturated rings. The quantitative estimate of drug-likeness (QED) is 0.551. The van der Waals surface area contributed by atoms with Crippen molar-refractivity contribution in [3.05, 3.63) is 82.6 Å². The van der Waals surface area contributed by atoms with Crippen molar-refractivity contribution in [3.63, 3.8) is 0 Å². The van der Waals surface area contributed by atoms with Gasteiger partial charge < -0.3 is 4.74 Å². The minimum Gasteiger partial charge on any atom is -0.361 e. The molecular weight excluding hydrogens is 404 g/mol. The molecule has 2 aliphatic rings. The Morgan fingerprint density at radius 1 is 1.03 bits per heavy atom. The first-order chi connectivity index (χ1) is 14.6. The summed E-state index contributed by atoms with van der Waals surface area (Å²) in [7, 11) is 1.62. The summed E-state index contributed by atoms with van der Waals surface area (Å²) >= 11 is 2.02. The van der Waals surface area contributed by atoms with Gasteiger partial charge in [0.25, 0.3) is 0 Å². The van der Waals surface area contributed by atoms with E-state index in [1.807, 2.05) is 11.8 Å². The third-order valence-electron chi connectivity index (χ3n) is 5.85. The summed E-state index contributed by atoms with van der Waals surface area (Å²) in [4.78, 5) is 5.25. The molecule has 0 radical (unpaired) electrons. The molecule has 2 bridgehead atoms. The van der Waals surface area contributed by atoms with Crippen LogP contribution in [0.1, 0.15) is 49.8 Å². The van der Waals surface area contributed by atoms with Crippen molar-refractivity contribution in [2.45, 2.75) is 55.3 Å². The standard InChI is InChI=1S/C24H27F2NO2S/c1-3-20(27-28-2)23-21(14-19-12-13-22(23)30-19)29-24(15-4-8-17(25)9-5-15)16-6-10-18(26)11-7-16/h4-11,19,21-22,24,27H,3,12-14H2,1-2H3/t19?,21-,22-/m1/s1. The van der Waals surface area contributed by atoms with Gasteiger partial charge >= 0.3 is 0 Å². The number of ether oxygens (including phenoxy) is 1. The van der Waals surface area contributed by atoms with Crippen molar-refractivity contribution >= 4 is 11.8 Å². The fourth-order valence-corrected chi connectivity index (χ4v) is 6.18. The van der Waals surface area contributed by atoms with Crippen molar-refractivity contribution in [1.82, 2.24) is 5.48 Å². The Morgan fingerprint density at radius 2 is 1.63 bits per heavy atom. The zero-order chi connectivity index (χ0) is 21.1. The zero-order valence-corrected chi connectivity index (χ0v) is 18.1. The summed E-state index contributed by atoms with van der Waals surface area (Å²) in [6.45, 7) is 2.11. The van der Waals surface area contributed by atoms with E-state index in [-0.39, 0.29) is 17.7 Å². The predicted octanol–water partition coefficient (Wildman–Crippen LogP) is 5.92. The van der Waals surface area contributed by atoms with Gasteiger partial charge in [-0.05, 0) is 66.6 Å². The minimum atomic E-state index is -0.408. The summed E-state index contributed by atoms with van der Waals surface area (Å²) in [5.74, 6) is -0.580. The highest BCUT2D eigenvalue weighted by Gasteiger charge is 2.42. The summed E-state index contributed by atoms with van der Waals surface area (Å²) < 4.78 is 33.9. The van der Waals surface area contributed by atoms with Gasteiger partial charge in [-0.2, -0.15) is 11.8 Å². The lowest BCUT2D eigenvalue weighted by molar-refractivity contribution is 0.0208. The maximum absolute atomic E-state index is 13.6. The van der Waals surface area contributed by atoms with Gasteiger partial charge in [0.15, 0.2) is 0 Å². The van der Waals surface area contributed by atoms with E-state index in [0.717, 1.165) is 36.1 Å². The topological polar surface area (TPSA) is 30.5 Å². The average molecular weight is 432 g/mol. The number of rotatable bonds is 7. The molecule has 0 aliphatic carbocycles. The van der Waals surface area contributed by atoms with E-state index in [9.17, 15) is 8.78 Å². The first kappa shape index (κ1) is 21.3. The van der Waals surface area contributed by atoms with Crippen LogP contribution < -0.4 is 5.48 Å². The SMILES string of the molecule is CCC(NOC)=C1[C@H](OC(c2ccc(F)cc2)c2ccc(F)cc2)CC2CC[C@H]1S2. The van der Waals surface area contributed by atoms with Crippen molar-refractivity contribution in [2.24, 2.45) is 0 Å². The number of fused-ring (bicyclic) bond motifs is 2. The molecule has 1 unspecified atom stereocenters. The Kier molecular flexibility index (Phi) is 6.76. The number of benzene rings is 2. The number of halogens is 2. The Balaban J connectivity index is 1.71. The fraction of sp³-hybridized carbons (Fsp3) is 0.417. The van der Waals surface area contributed by atoms with E-state index in [1.54, 1.807) is 31.4 Å². The molecule has 4 rings (SSSR count). The van der Waals surface area contributed by atoms with E-state index in [1.165, 1.54) is 36.3 Å². The molecule has 6 heteroatoms. The molecule has 3 atom stereocenters. The third kappa shape index (κ3) is 4.56. The first-order valence-corrected chi connectivity index (χ1v) is 11.4. The number of thioether (sulfide) groups is 1. The lowest BCUT2D eigenvalue weighted by Crippen LogP contribution is -2.33. The highest BCUT2D eigenvalue weighted by atomic mass is 32.2. The van der Waals surface area contributed by atoms with Gasteiger partial charge in [-0.3, -0.25) is 10.3 Å². The van der Waals surface area contributed by atoms with Crippen molar-refractivity contribution in [1.29, 1.82) is 0 Å². The predicted molar refractivity (Wildman–Crippen MR) is 116 cm³/mol. The Morgan fingerprint density at radius 3 is 2.17 bits per heavy atom. The van der Waals surface area contributed by atoms with Crippen LogP contribution in [-0.2, 0) is 9.57 Å². The maximum Gasteiger partial charge on any atom is 0.123 e. The highest BCUT2D eigenvalue weighted by molar-refractivity contribution is 8.01. The first-order valence-electron chi connectivity index (χ1n) is 10.4. The molecule has 1 N–H and O–H groups in total. The molecule has 2 aliphatic heterocycles. The summed E-state index contributed by atoms with van der Waals surface area (Å²) in [6, 6.07) is 12.7. The smallest absolute Gasteiger partial charge is 0.123 e. The van der Waals surface area contributed by atoms with Crippen LogP contribution in [0.3, 0.4) is 0 Å². The summed E-state index contributed by atoms with van der Waals surface area (Å²) in [5.41, 5.74) is 7.10. The van der Waals surface area contributed by atoms with Gasteiger partial charge in [-0.1, -0.05) is 31.2 Å². The summed E-state index contributed by atoms with van der Waals surface area (Å²) in [6.07, 6.45) is 3.57. The number of hydroxylamine groups is 1. The number of hydrogen-bond acceptors (Lipinski definition) is 4. The van der Waals surface area contributed by atoms with Gasteiger partial charge in [0, 0.05) is 16.2 Å². The van der Waals surface area contributed by atoms with E-state index in [0.29, 0.717) is 10.5 Å². The van der Waals surface area contributed by atoms with Crippen LogP contribution in [0, 0.1) is 11.6 Å². The molecule has 160 valence electrons. The normalized spacial score (nSPS) is 24.9. The second kappa shape index (κ2) is 9.50. The second-order valence-corrected chi connectivity index (χ2v) is 9.27. The fourth-order valence-electron chi connectivity index (χ4n) is 4.45. The molecule has 0 saturated carbocycles. The molecule has 2 aromatic rings. The number of hydrogen-bond donors (Lipinski definition) is 1. The third-order valence-corrected chi connectivity index (χ3v) is 7.48. The van der Waals surface area contributed by atoms with Gasteiger partial charge in [0.05, 0.1) is 13.2 Å². The van der Waals surface area contributed by atoms with Gasteiger partial charge in [0.2, 0.25) is 0 Å². The molecule has 0 amide bonds. The van der Waals surface area contributed by atoms with Gasteiger partial charge in [-0.25, -0.2) is 8.78 Å². The lowest BCUT2D eigenvalue weighted by atomic mass is 9.97. The highest BCUT2D eigenvalue weighted by Crippen LogP contribution is 2.49. The zero-order valence-electron chi connectivity index (χ0n) is 17.2. The Labute approximate surface area is 180 Å². The van der Waals surface area contributed by atoms with Crippen LogP contribution in [0.4, 0.5) is 8.78 Å². The van der Waals surface area contributed by atoms with Crippen LogP contribution in [-0.4, -0.2) is 23.7 Å². The summed E-state index contributed by atoms with van der Waals surface area (Å²) in [5, 5.41) is 0.986. The van der Waals surface area contributed by atoms with Crippen LogP contribution in [0.15, 0.2) is 59.8 Å². The largest absolute Gasteiger partial charge is 0.361 e. The lowest BCUT2D eigenvalue weighted by Gasteiger charge is -2.35. The van der Waals surface area contributed by atoms with Crippen molar-refractivity contribution in [3.8, 4) is 0 Å². The second-order valence-electron chi connectivity index (χ2n) is 7.76. The number of nitrogens with one attached hydrogen (secondary N) is 1. The number of allylic oxidation sites excluding steroid dienone is 1. The van der Waals surface area contributed by atoms with Crippen LogP contribution in [0.5, 0.6) is 0 Å². The van der Waals surface area contributed by atoms with Crippen LogP contribution in [0.25, 0.3) is 0 Å². The monoisotopic (exact) mass is 431 g/mol. The Hall–Kier alpha value is -1.89. The van der Waals surface area contributed by atoms with Crippen LogP contribution in [0.2, 0.25) is 0 Å². The molecular formula is C24H27F2NO2S. The molecule has 0 spiro atoms. The van der Waals surface area contributed by atoms with Gasteiger partial charge in [-0.15, -0.1) is 0 Å². The molecule has 0 aromatic heterocycles.